The summed E-state index contributed by atoms with van der Waals surface area (Å²) in [6.07, 6.45) is 2.38. The van der Waals surface area contributed by atoms with Crippen LogP contribution in [-0.2, 0) is 32.8 Å². The summed E-state index contributed by atoms with van der Waals surface area (Å²) in [4.78, 5) is 16.7. The van der Waals surface area contributed by atoms with Gasteiger partial charge < -0.3 is 11.1 Å². The van der Waals surface area contributed by atoms with Crippen molar-refractivity contribution in [3.05, 3.63) is 98.3 Å². The van der Waals surface area contributed by atoms with E-state index in [1.807, 2.05) is 22.9 Å². The molecule has 0 atom stereocenters. The van der Waals surface area contributed by atoms with Crippen molar-refractivity contribution in [2.24, 2.45) is 5.73 Å². The maximum Gasteiger partial charge on any atom is 0.224 e. The molecular formula is C28H25Cl3N6O4S4. The van der Waals surface area contributed by atoms with E-state index in [0.717, 1.165) is 20.4 Å². The third-order valence-electron chi connectivity index (χ3n) is 5.92. The summed E-state index contributed by atoms with van der Waals surface area (Å²) in [6, 6.07) is 17.4. The van der Waals surface area contributed by atoms with Gasteiger partial charge >= 0.3 is 0 Å². The van der Waals surface area contributed by atoms with Crippen molar-refractivity contribution in [3.63, 3.8) is 0 Å². The molecule has 4 aromatic heterocycles. The Labute approximate surface area is 283 Å². The highest BCUT2D eigenvalue weighted by atomic mass is 35.5. The highest BCUT2D eigenvalue weighted by Gasteiger charge is 2.14. The topological polar surface area (TPSA) is 158 Å². The summed E-state index contributed by atoms with van der Waals surface area (Å²) in [5, 5.41) is 7.74. The Kier molecular flexibility index (Phi) is 11.7. The van der Waals surface area contributed by atoms with Crippen LogP contribution in [0.25, 0.3) is 20.4 Å². The first-order valence-electron chi connectivity index (χ1n) is 12.7. The molecule has 0 radical (unpaired) electrons. The van der Waals surface area contributed by atoms with E-state index in [2.05, 4.69) is 25.3 Å². The van der Waals surface area contributed by atoms with Gasteiger partial charge in [0.05, 0.1) is 30.2 Å². The van der Waals surface area contributed by atoms with Crippen LogP contribution in [0.2, 0.25) is 15.7 Å². The zero-order chi connectivity index (χ0) is 32.8. The van der Waals surface area contributed by atoms with Crippen LogP contribution in [0.1, 0.15) is 11.1 Å². The van der Waals surface area contributed by atoms with Gasteiger partial charge in [-0.15, -0.1) is 22.7 Å². The van der Waals surface area contributed by atoms with E-state index in [1.165, 1.54) is 35.2 Å². The highest BCUT2D eigenvalue weighted by Crippen LogP contribution is 2.28. The summed E-state index contributed by atoms with van der Waals surface area (Å²) in [7, 11) is -6.40. The Morgan fingerprint density at radius 2 is 1.18 bits per heavy atom. The molecule has 236 valence electrons. The molecule has 45 heavy (non-hydrogen) atoms. The minimum Gasteiger partial charge on any atom is -0.365 e. The predicted octanol–water partition coefficient (Wildman–Crippen LogP) is 6.91. The van der Waals surface area contributed by atoms with E-state index < -0.39 is 19.7 Å². The average Bonchev–Trinajstić information content (AvgIpc) is 3.66. The molecule has 0 unspecified atom stereocenters. The first-order chi connectivity index (χ1) is 21.3. The second-order valence-corrected chi connectivity index (χ2v) is 16.0. The predicted molar refractivity (Wildman–Crippen MR) is 184 cm³/mol. The second kappa shape index (κ2) is 15.1. The monoisotopic (exact) mass is 742 g/mol. The molecule has 10 nitrogen and oxygen atoms in total. The maximum atomic E-state index is 11.8. The van der Waals surface area contributed by atoms with Gasteiger partial charge in [-0.1, -0.05) is 48.0 Å². The summed E-state index contributed by atoms with van der Waals surface area (Å²) in [5.74, 6) is 0.605. The zero-order valence-electron chi connectivity index (χ0n) is 23.6. The van der Waals surface area contributed by atoms with Gasteiger partial charge in [-0.25, -0.2) is 31.8 Å². The number of fused-ring (bicyclic) bond motifs is 2. The molecule has 0 aliphatic carbocycles. The van der Waals surface area contributed by atoms with Gasteiger partial charge in [0.15, 0.2) is 24.8 Å². The Morgan fingerprint density at radius 1 is 0.689 bits per heavy atom. The number of hydrogen-bond acceptors (Lipinski definition) is 12. The third-order valence-corrected chi connectivity index (χ3v) is 10.9. The molecule has 0 aliphatic heterocycles. The number of nitrogens with two attached hydrogens (primary N) is 1. The number of rotatable bonds is 6. The third kappa shape index (κ3) is 9.30. The van der Waals surface area contributed by atoms with Crippen molar-refractivity contribution in [2.45, 2.75) is 22.9 Å². The number of benzene rings is 2. The Hall–Kier alpha value is -2.95. The maximum absolute atomic E-state index is 11.8. The molecular weight excluding hydrogens is 719 g/mol. The highest BCUT2D eigenvalue weighted by molar-refractivity contribution is 7.91. The van der Waals surface area contributed by atoms with Crippen molar-refractivity contribution in [2.75, 3.05) is 17.8 Å². The average molecular weight is 744 g/mol. The molecule has 17 heteroatoms. The number of hydrogen-bond donors (Lipinski definition) is 2. The quantitative estimate of drug-likeness (QED) is 0.136. The van der Waals surface area contributed by atoms with Crippen LogP contribution in [0.15, 0.2) is 81.2 Å². The summed E-state index contributed by atoms with van der Waals surface area (Å²) < 4.78 is 47.7. The number of halogens is 3. The van der Waals surface area contributed by atoms with E-state index >= 15 is 0 Å². The van der Waals surface area contributed by atoms with Crippen molar-refractivity contribution in [1.82, 2.24) is 19.9 Å². The zero-order valence-corrected chi connectivity index (χ0v) is 29.1. The van der Waals surface area contributed by atoms with Gasteiger partial charge in [0.1, 0.15) is 5.82 Å². The van der Waals surface area contributed by atoms with E-state index in [1.54, 1.807) is 48.5 Å². The van der Waals surface area contributed by atoms with Crippen LogP contribution >= 0.6 is 57.5 Å². The lowest BCUT2D eigenvalue weighted by Gasteiger charge is -2.10. The van der Waals surface area contributed by atoms with E-state index in [0.29, 0.717) is 38.4 Å². The fourth-order valence-electron chi connectivity index (χ4n) is 3.98. The first kappa shape index (κ1) is 34.9. The van der Waals surface area contributed by atoms with Gasteiger partial charge in [0, 0.05) is 25.6 Å². The van der Waals surface area contributed by atoms with E-state index in [4.69, 9.17) is 40.5 Å². The van der Waals surface area contributed by atoms with Crippen molar-refractivity contribution in [3.8, 4) is 0 Å². The number of anilines is 1. The smallest absolute Gasteiger partial charge is 0.224 e. The lowest BCUT2D eigenvalue weighted by molar-refractivity contribution is 0.599. The van der Waals surface area contributed by atoms with Gasteiger partial charge in [-0.2, -0.15) is 4.98 Å². The number of nitrogens with zero attached hydrogens (tertiary/aromatic N) is 4. The van der Waals surface area contributed by atoms with Crippen LogP contribution in [0, 0.1) is 0 Å². The number of sulfone groups is 2. The number of nitrogens with one attached hydrogen (secondary N) is 1. The molecule has 0 bridgehead atoms. The van der Waals surface area contributed by atoms with Crippen LogP contribution in [0.5, 0.6) is 0 Å². The lowest BCUT2D eigenvalue weighted by Crippen LogP contribution is -2.08. The lowest BCUT2D eigenvalue weighted by atomic mass is 10.2. The Morgan fingerprint density at radius 3 is 1.73 bits per heavy atom. The molecule has 0 amide bonds. The van der Waals surface area contributed by atoms with E-state index in [9.17, 15) is 16.8 Å². The summed E-state index contributed by atoms with van der Waals surface area (Å²) >= 11 is 20.3. The van der Waals surface area contributed by atoms with Gasteiger partial charge in [0.2, 0.25) is 10.6 Å². The molecule has 6 aromatic rings. The first-order valence-corrected chi connectivity index (χ1v) is 19.4. The summed E-state index contributed by atoms with van der Waals surface area (Å²) in [5.41, 5.74) is 8.31. The normalized spacial score (nSPS) is 11.4. The van der Waals surface area contributed by atoms with Gasteiger partial charge in [0.25, 0.3) is 0 Å². The molecule has 2 aromatic carbocycles. The molecule has 0 spiro atoms. The summed E-state index contributed by atoms with van der Waals surface area (Å²) in [6.45, 7) is 0.590. The van der Waals surface area contributed by atoms with E-state index in [-0.39, 0.29) is 17.1 Å². The molecule has 3 N–H and O–H groups in total. The van der Waals surface area contributed by atoms with Crippen molar-refractivity contribution >= 4 is 103 Å². The number of aromatic nitrogens is 4. The van der Waals surface area contributed by atoms with Gasteiger partial charge in [-0.3, -0.25) is 0 Å². The van der Waals surface area contributed by atoms with Crippen molar-refractivity contribution < 1.29 is 16.8 Å². The van der Waals surface area contributed by atoms with Crippen molar-refractivity contribution in [1.29, 1.82) is 0 Å². The SMILES string of the molecule is CS(=O)(=O)c1ccccc1CN.CS(=O)(=O)c1ccccc1CNc1nc(Cl)nc2ccsc12.Clc1nc(Cl)c2sccc2n1. The molecule has 0 fully saturated rings. The molecule has 4 heterocycles. The minimum atomic E-state index is -3.27. The van der Waals surface area contributed by atoms with Crippen LogP contribution < -0.4 is 11.1 Å². The van der Waals surface area contributed by atoms with Crippen LogP contribution in [0.3, 0.4) is 0 Å². The fourth-order valence-corrected chi connectivity index (χ4v) is 8.09. The largest absolute Gasteiger partial charge is 0.365 e. The minimum absolute atomic E-state index is 0.157. The molecule has 0 saturated carbocycles. The second-order valence-electron chi connectivity index (χ2n) is 9.21. The fraction of sp³-hybridized carbons (Fsp3) is 0.143. The van der Waals surface area contributed by atoms with Crippen LogP contribution in [-0.4, -0.2) is 49.3 Å². The van der Waals surface area contributed by atoms with Crippen LogP contribution in [0.4, 0.5) is 5.82 Å². The number of thiophene rings is 2. The Balaban J connectivity index is 0.000000169. The molecule has 0 saturated heterocycles. The molecule has 0 aliphatic rings. The molecule has 6 rings (SSSR count). The van der Waals surface area contributed by atoms with Gasteiger partial charge in [-0.05, 0) is 69.4 Å². The Bertz CT molecular complexity index is 2170. The standard InChI is InChI=1S/C14H12ClN3O2S2.C8H11NO2S.C6H2Cl2N2S/c1-22(19,20)11-5-3-2-4-9(11)8-16-13-12-10(6-7-21-12)17-14(15)18-13;1-12(10,11)8-5-3-2-4-7(8)6-9;7-5-4-3(1-2-11-4)9-6(8)10-5/h2-7H,8H2,1H3,(H,16,17,18);2-5H,6,9H2,1H3;1-2H.